The van der Waals surface area contributed by atoms with Gasteiger partial charge in [0, 0.05) is 4.88 Å². The Morgan fingerprint density at radius 1 is 1.45 bits per heavy atom. The molecular weight excluding hydrogens is 274 g/mol. The van der Waals surface area contributed by atoms with Gasteiger partial charge in [0.05, 0.1) is 25.5 Å². The first-order valence-electron chi connectivity index (χ1n) is 6.45. The van der Waals surface area contributed by atoms with Crippen LogP contribution in [0.2, 0.25) is 0 Å². The van der Waals surface area contributed by atoms with Crippen molar-refractivity contribution in [1.82, 2.24) is 9.97 Å². The zero-order valence-electron chi connectivity index (χ0n) is 11.5. The van der Waals surface area contributed by atoms with Gasteiger partial charge in [0.1, 0.15) is 5.82 Å². The fourth-order valence-corrected chi connectivity index (χ4v) is 2.67. The molecule has 1 N–H and O–H groups in total. The summed E-state index contributed by atoms with van der Waals surface area (Å²) < 4.78 is 4.59. The summed E-state index contributed by atoms with van der Waals surface area (Å²) in [5.74, 6) is 0.178. The van der Waals surface area contributed by atoms with Crippen LogP contribution >= 0.6 is 11.3 Å². The van der Waals surface area contributed by atoms with Crippen molar-refractivity contribution in [2.75, 3.05) is 12.4 Å². The highest BCUT2D eigenvalue weighted by atomic mass is 32.1. The normalized spacial score (nSPS) is 11.9. The van der Waals surface area contributed by atoms with Crippen LogP contribution in [0.1, 0.15) is 41.2 Å². The van der Waals surface area contributed by atoms with E-state index in [2.05, 4.69) is 38.4 Å². The summed E-state index contributed by atoms with van der Waals surface area (Å²) in [4.78, 5) is 20.8. The van der Waals surface area contributed by atoms with Crippen molar-refractivity contribution < 1.29 is 9.53 Å². The lowest BCUT2D eigenvalue weighted by Crippen LogP contribution is -2.12. The summed E-state index contributed by atoms with van der Waals surface area (Å²) in [6, 6.07) is 4.36. The standard InChI is InChI=1S/C14H17N3O2S/c1-3-5-10(12-6-4-7-20-12)17-13-9-15-11(8-16-13)14(18)19-2/h4,6-10H,3,5H2,1-2H3,(H,16,17). The number of methoxy groups -OCH3 is 1. The number of nitrogens with zero attached hydrogens (tertiary/aromatic N) is 2. The van der Waals surface area contributed by atoms with Crippen molar-refractivity contribution in [2.24, 2.45) is 0 Å². The van der Waals surface area contributed by atoms with Crippen LogP contribution in [-0.4, -0.2) is 23.0 Å². The molecule has 0 aliphatic heterocycles. The lowest BCUT2D eigenvalue weighted by atomic mass is 10.1. The molecule has 2 rings (SSSR count). The Labute approximate surface area is 122 Å². The molecule has 1 unspecified atom stereocenters. The van der Waals surface area contributed by atoms with Gasteiger partial charge < -0.3 is 10.1 Å². The number of nitrogens with one attached hydrogen (secondary N) is 1. The maximum absolute atomic E-state index is 11.3. The van der Waals surface area contributed by atoms with Crippen LogP contribution in [0.3, 0.4) is 0 Å². The molecule has 0 fully saturated rings. The highest BCUT2D eigenvalue weighted by Crippen LogP contribution is 2.26. The molecule has 0 saturated heterocycles. The molecule has 0 radical (unpaired) electrons. The number of carbonyl (C=O) groups is 1. The minimum absolute atomic E-state index is 0.209. The lowest BCUT2D eigenvalue weighted by Gasteiger charge is -2.17. The first kappa shape index (κ1) is 14.5. The van der Waals surface area contributed by atoms with E-state index in [-0.39, 0.29) is 11.7 Å². The molecule has 0 saturated carbocycles. The predicted octanol–water partition coefficient (Wildman–Crippen LogP) is 3.28. The van der Waals surface area contributed by atoms with E-state index in [1.54, 1.807) is 17.5 Å². The Balaban J connectivity index is 2.09. The summed E-state index contributed by atoms with van der Waals surface area (Å²) in [5.41, 5.74) is 0.209. The largest absolute Gasteiger partial charge is 0.464 e. The molecule has 0 aliphatic rings. The van der Waals surface area contributed by atoms with Crippen LogP contribution in [0.5, 0.6) is 0 Å². The van der Waals surface area contributed by atoms with E-state index in [0.29, 0.717) is 5.82 Å². The third kappa shape index (κ3) is 3.54. The highest BCUT2D eigenvalue weighted by Gasteiger charge is 2.13. The molecular formula is C14H17N3O2S. The van der Waals surface area contributed by atoms with Crippen molar-refractivity contribution in [1.29, 1.82) is 0 Å². The van der Waals surface area contributed by atoms with Crippen LogP contribution < -0.4 is 5.32 Å². The highest BCUT2D eigenvalue weighted by molar-refractivity contribution is 7.10. The van der Waals surface area contributed by atoms with Crippen molar-refractivity contribution in [3.8, 4) is 0 Å². The number of ether oxygens (including phenoxy) is 1. The first-order valence-corrected chi connectivity index (χ1v) is 7.32. The molecule has 0 spiro atoms. The Morgan fingerprint density at radius 3 is 2.85 bits per heavy atom. The van der Waals surface area contributed by atoms with E-state index in [9.17, 15) is 4.79 Å². The summed E-state index contributed by atoms with van der Waals surface area (Å²) >= 11 is 1.72. The summed E-state index contributed by atoms with van der Waals surface area (Å²) in [7, 11) is 1.32. The van der Waals surface area contributed by atoms with Gasteiger partial charge in [-0.1, -0.05) is 19.4 Å². The Hall–Kier alpha value is -1.95. The molecule has 0 bridgehead atoms. The van der Waals surface area contributed by atoms with Crippen LogP contribution in [0.15, 0.2) is 29.9 Å². The molecule has 0 amide bonds. The van der Waals surface area contributed by atoms with Gasteiger partial charge in [0.25, 0.3) is 0 Å². The van der Waals surface area contributed by atoms with Crippen molar-refractivity contribution in [2.45, 2.75) is 25.8 Å². The second kappa shape index (κ2) is 7.00. The molecule has 2 heterocycles. The molecule has 20 heavy (non-hydrogen) atoms. The van der Waals surface area contributed by atoms with Gasteiger partial charge in [0.15, 0.2) is 5.69 Å². The van der Waals surface area contributed by atoms with Crippen molar-refractivity contribution in [3.63, 3.8) is 0 Å². The second-order valence-corrected chi connectivity index (χ2v) is 5.26. The van der Waals surface area contributed by atoms with Gasteiger partial charge in [-0.3, -0.25) is 0 Å². The van der Waals surface area contributed by atoms with E-state index < -0.39 is 5.97 Å². The van der Waals surface area contributed by atoms with Gasteiger partial charge in [-0.2, -0.15) is 0 Å². The summed E-state index contributed by atoms with van der Waals surface area (Å²) in [6.45, 7) is 2.15. The molecule has 5 nitrogen and oxygen atoms in total. The van der Waals surface area contributed by atoms with Crippen LogP contribution in [-0.2, 0) is 4.74 Å². The Bertz CT molecular complexity index is 540. The molecule has 2 aromatic rings. The number of hydrogen-bond donors (Lipinski definition) is 1. The van der Waals surface area contributed by atoms with Crippen LogP contribution in [0.25, 0.3) is 0 Å². The third-order valence-electron chi connectivity index (χ3n) is 2.83. The van der Waals surface area contributed by atoms with E-state index in [4.69, 9.17) is 0 Å². The smallest absolute Gasteiger partial charge is 0.358 e. The van der Waals surface area contributed by atoms with Gasteiger partial charge in [-0.05, 0) is 17.9 Å². The molecule has 106 valence electrons. The number of anilines is 1. The Kier molecular flexibility index (Phi) is 5.06. The van der Waals surface area contributed by atoms with Crippen LogP contribution in [0.4, 0.5) is 5.82 Å². The minimum atomic E-state index is -0.479. The fourth-order valence-electron chi connectivity index (χ4n) is 1.85. The molecule has 1 atom stereocenters. The number of thiophene rings is 1. The molecule has 2 aromatic heterocycles. The van der Waals surface area contributed by atoms with E-state index in [0.717, 1.165) is 12.8 Å². The number of hydrogen-bond acceptors (Lipinski definition) is 6. The van der Waals surface area contributed by atoms with Gasteiger partial charge in [-0.25, -0.2) is 14.8 Å². The monoisotopic (exact) mass is 291 g/mol. The summed E-state index contributed by atoms with van der Waals surface area (Å²) in [6.07, 6.45) is 5.07. The number of rotatable bonds is 6. The zero-order chi connectivity index (χ0) is 14.4. The van der Waals surface area contributed by atoms with E-state index >= 15 is 0 Å². The topological polar surface area (TPSA) is 64.1 Å². The molecule has 0 aromatic carbocycles. The molecule has 0 aliphatic carbocycles. The summed E-state index contributed by atoms with van der Waals surface area (Å²) in [5, 5.41) is 5.41. The number of esters is 1. The van der Waals surface area contributed by atoms with E-state index in [1.165, 1.54) is 18.2 Å². The van der Waals surface area contributed by atoms with Gasteiger partial charge >= 0.3 is 5.97 Å². The number of aromatic nitrogens is 2. The minimum Gasteiger partial charge on any atom is -0.464 e. The fraction of sp³-hybridized carbons (Fsp3) is 0.357. The lowest BCUT2D eigenvalue weighted by molar-refractivity contribution is 0.0593. The predicted molar refractivity (Wildman–Crippen MR) is 79.0 cm³/mol. The van der Waals surface area contributed by atoms with Crippen molar-refractivity contribution >= 4 is 23.1 Å². The maximum atomic E-state index is 11.3. The van der Waals surface area contributed by atoms with Crippen LogP contribution in [0, 0.1) is 0 Å². The molecule has 6 heteroatoms. The zero-order valence-corrected chi connectivity index (χ0v) is 12.3. The number of carbonyl (C=O) groups excluding carboxylic acids is 1. The second-order valence-electron chi connectivity index (χ2n) is 4.28. The van der Waals surface area contributed by atoms with Crippen molar-refractivity contribution in [3.05, 3.63) is 40.5 Å². The third-order valence-corrected chi connectivity index (χ3v) is 3.82. The average molecular weight is 291 g/mol. The van der Waals surface area contributed by atoms with Gasteiger partial charge in [0.2, 0.25) is 0 Å². The first-order chi connectivity index (χ1) is 9.74. The Morgan fingerprint density at radius 2 is 2.30 bits per heavy atom. The SMILES string of the molecule is CCCC(Nc1cnc(C(=O)OC)cn1)c1cccs1. The average Bonchev–Trinajstić information content (AvgIpc) is 3.01. The maximum Gasteiger partial charge on any atom is 0.358 e. The van der Waals surface area contributed by atoms with Gasteiger partial charge in [-0.15, -0.1) is 11.3 Å². The quantitative estimate of drug-likeness (QED) is 0.827. The van der Waals surface area contributed by atoms with E-state index in [1.807, 2.05) is 6.07 Å².